The smallest absolute Gasteiger partial charge is 0.0241 e. The van der Waals surface area contributed by atoms with Crippen LogP contribution in [0.15, 0.2) is 28.7 Å². The SMILES string of the molecule is CNCCCCN(C)Cc1ccccc1Br. The Morgan fingerprint density at radius 3 is 2.69 bits per heavy atom. The van der Waals surface area contributed by atoms with Crippen LogP contribution in [0.1, 0.15) is 18.4 Å². The molecule has 0 unspecified atom stereocenters. The Morgan fingerprint density at radius 1 is 1.25 bits per heavy atom. The Balaban J connectivity index is 2.28. The third kappa shape index (κ3) is 5.10. The second-order valence-corrected chi connectivity index (χ2v) is 4.99. The number of unbranched alkanes of at least 4 members (excludes halogenated alkanes) is 1. The molecule has 0 saturated heterocycles. The first-order valence-corrected chi connectivity index (χ1v) is 6.60. The molecule has 1 aromatic rings. The van der Waals surface area contributed by atoms with Gasteiger partial charge in [-0.2, -0.15) is 0 Å². The van der Waals surface area contributed by atoms with E-state index < -0.39 is 0 Å². The van der Waals surface area contributed by atoms with E-state index in [-0.39, 0.29) is 0 Å². The lowest BCUT2D eigenvalue weighted by molar-refractivity contribution is 0.318. The molecule has 0 aliphatic rings. The van der Waals surface area contributed by atoms with Crippen molar-refractivity contribution >= 4 is 15.9 Å². The van der Waals surface area contributed by atoms with Gasteiger partial charge >= 0.3 is 0 Å². The second kappa shape index (κ2) is 7.82. The van der Waals surface area contributed by atoms with Crippen molar-refractivity contribution in [3.63, 3.8) is 0 Å². The van der Waals surface area contributed by atoms with Gasteiger partial charge in [-0.3, -0.25) is 0 Å². The highest BCUT2D eigenvalue weighted by molar-refractivity contribution is 9.10. The maximum absolute atomic E-state index is 3.58. The summed E-state index contributed by atoms with van der Waals surface area (Å²) in [6.07, 6.45) is 2.50. The fourth-order valence-corrected chi connectivity index (χ4v) is 2.09. The fourth-order valence-electron chi connectivity index (χ4n) is 1.68. The zero-order chi connectivity index (χ0) is 11.8. The van der Waals surface area contributed by atoms with Gasteiger partial charge in [0.05, 0.1) is 0 Å². The van der Waals surface area contributed by atoms with Gasteiger partial charge in [-0.25, -0.2) is 0 Å². The molecule has 2 nitrogen and oxygen atoms in total. The van der Waals surface area contributed by atoms with Crippen LogP contribution >= 0.6 is 15.9 Å². The van der Waals surface area contributed by atoms with E-state index in [1.165, 1.54) is 22.9 Å². The molecule has 1 aromatic carbocycles. The van der Waals surface area contributed by atoms with Crippen LogP contribution in [0.3, 0.4) is 0 Å². The monoisotopic (exact) mass is 284 g/mol. The number of benzene rings is 1. The third-order valence-corrected chi connectivity index (χ3v) is 3.39. The standard InChI is InChI=1S/C13H21BrN2/c1-15-9-5-6-10-16(2)11-12-7-3-4-8-13(12)14/h3-4,7-8,15H,5-6,9-11H2,1-2H3. The van der Waals surface area contributed by atoms with Crippen LogP contribution in [0.5, 0.6) is 0 Å². The summed E-state index contributed by atoms with van der Waals surface area (Å²) < 4.78 is 1.21. The van der Waals surface area contributed by atoms with E-state index in [1.807, 2.05) is 7.05 Å². The molecule has 0 radical (unpaired) electrons. The highest BCUT2D eigenvalue weighted by Crippen LogP contribution is 2.17. The van der Waals surface area contributed by atoms with Gasteiger partial charge in [0, 0.05) is 11.0 Å². The Hall–Kier alpha value is -0.380. The molecule has 1 rings (SSSR count). The van der Waals surface area contributed by atoms with Crippen molar-refractivity contribution in [2.75, 3.05) is 27.2 Å². The molecule has 0 spiro atoms. The molecule has 0 aliphatic carbocycles. The predicted octanol–water partition coefficient (Wildman–Crippen LogP) is 2.88. The topological polar surface area (TPSA) is 15.3 Å². The summed E-state index contributed by atoms with van der Waals surface area (Å²) in [4.78, 5) is 2.37. The average Bonchev–Trinajstić information content (AvgIpc) is 2.28. The minimum Gasteiger partial charge on any atom is -0.320 e. The molecule has 0 heterocycles. The predicted molar refractivity (Wildman–Crippen MR) is 73.6 cm³/mol. The molecule has 0 aromatic heterocycles. The van der Waals surface area contributed by atoms with Crippen LogP contribution in [-0.2, 0) is 6.54 Å². The molecule has 1 N–H and O–H groups in total. The quantitative estimate of drug-likeness (QED) is 0.775. The van der Waals surface area contributed by atoms with Crippen molar-refractivity contribution in [3.8, 4) is 0 Å². The summed E-state index contributed by atoms with van der Waals surface area (Å²) >= 11 is 3.58. The molecule has 16 heavy (non-hydrogen) atoms. The molecule has 0 atom stereocenters. The van der Waals surface area contributed by atoms with E-state index in [1.54, 1.807) is 0 Å². The van der Waals surface area contributed by atoms with Gasteiger partial charge < -0.3 is 10.2 Å². The van der Waals surface area contributed by atoms with E-state index in [4.69, 9.17) is 0 Å². The van der Waals surface area contributed by atoms with Gasteiger partial charge in [0.25, 0.3) is 0 Å². The Kier molecular flexibility index (Phi) is 6.69. The number of halogens is 1. The lowest BCUT2D eigenvalue weighted by atomic mass is 10.2. The molecule has 0 amide bonds. The molecule has 0 fully saturated rings. The van der Waals surface area contributed by atoms with Gasteiger partial charge in [0.1, 0.15) is 0 Å². The van der Waals surface area contributed by atoms with Gasteiger partial charge in [-0.05, 0) is 51.7 Å². The first kappa shape index (κ1) is 13.7. The van der Waals surface area contributed by atoms with Gasteiger partial charge in [0.15, 0.2) is 0 Å². The van der Waals surface area contributed by atoms with Gasteiger partial charge in [0.2, 0.25) is 0 Å². The number of hydrogen-bond donors (Lipinski definition) is 1. The summed E-state index contributed by atoms with van der Waals surface area (Å²) in [5.74, 6) is 0. The lowest BCUT2D eigenvalue weighted by Gasteiger charge is -2.17. The van der Waals surface area contributed by atoms with E-state index in [0.717, 1.165) is 19.6 Å². The van der Waals surface area contributed by atoms with Crippen LogP contribution in [-0.4, -0.2) is 32.1 Å². The highest BCUT2D eigenvalue weighted by Gasteiger charge is 2.02. The van der Waals surface area contributed by atoms with E-state index in [2.05, 4.69) is 57.5 Å². The summed E-state index contributed by atoms with van der Waals surface area (Å²) in [5, 5.41) is 3.17. The van der Waals surface area contributed by atoms with Crippen LogP contribution < -0.4 is 5.32 Å². The van der Waals surface area contributed by atoms with E-state index in [0.29, 0.717) is 0 Å². The van der Waals surface area contributed by atoms with Crippen LogP contribution in [0, 0.1) is 0 Å². The third-order valence-electron chi connectivity index (χ3n) is 2.61. The number of hydrogen-bond acceptors (Lipinski definition) is 2. The Bertz CT molecular complexity index is 302. The fraction of sp³-hybridized carbons (Fsp3) is 0.538. The zero-order valence-electron chi connectivity index (χ0n) is 10.2. The Morgan fingerprint density at radius 2 is 2.00 bits per heavy atom. The van der Waals surface area contributed by atoms with Crippen LogP contribution in [0.2, 0.25) is 0 Å². The van der Waals surface area contributed by atoms with Crippen molar-refractivity contribution in [3.05, 3.63) is 34.3 Å². The van der Waals surface area contributed by atoms with Gasteiger partial charge in [-0.1, -0.05) is 34.1 Å². The van der Waals surface area contributed by atoms with Crippen LogP contribution in [0.25, 0.3) is 0 Å². The molecule has 3 heteroatoms. The number of rotatable bonds is 7. The van der Waals surface area contributed by atoms with Crippen molar-refractivity contribution in [1.82, 2.24) is 10.2 Å². The molecule has 0 aliphatic heterocycles. The highest BCUT2D eigenvalue weighted by atomic mass is 79.9. The Labute approximate surface area is 107 Å². The van der Waals surface area contributed by atoms with E-state index >= 15 is 0 Å². The maximum atomic E-state index is 3.58. The van der Waals surface area contributed by atoms with Crippen molar-refractivity contribution in [2.45, 2.75) is 19.4 Å². The van der Waals surface area contributed by atoms with Gasteiger partial charge in [-0.15, -0.1) is 0 Å². The van der Waals surface area contributed by atoms with Crippen molar-refractivity contribution in [1.29, 1.82) is 0 Å². The maximum Gasteiger partial charge on any atom is 0.0241 e. The first-order chi connectivity index (χ1) is 7.74. The molecule has 0 bridgehead atoms. The normalized spacial score (nSPS) is 11.0. The summed E-state index contributed by atoms with van der Waals surface area (Å²) in [5.41, 5.74) is 1.36. The summed E-state index contributed by atoms with van der Waals surface area (Å²) in [6.45, 7) is 3.28. The summed E-state index contributed by atoms with van der Waals surface area (Å²) in [6, 6.07) is 8.42. The van der Waals surface area contributed by atoms with E-state index in [9.17, 15) is 0 Å². The average molecular weight is 285 g/mol. The van der Waals surface area contributed by atoms with Crippen molar-refractivity contribution < 1.29 is 0 Å². The molecule has 0 saturated carbocycles. The lowest BCUT2D eigenvalue weighted by Crippen LogP contribution is -2.20. The minimum atomic E-state index is 1.01. The minimum absolute atomic E-state index is 1.01. The zero-order valence-corrected chi connectivity index (χ0v) is 11.8. The van der Waals surface area contributed by atoms with Crippen molar-refractivity contribution in [2.24, 2.45) is 0 Å². The molecular weight excluding hydrogens is 264 g/mol. The molecular formula is C13H21BrN2. The first-order valence-electron chi connectivity index (χ1n) is 5.80. The summed E-state index contributed by atoms with van der Waals surface area (Å²) in [7, 11) is 4.18. The second-order valence-electron chi connectivity index (χ2n) is 4.14. The largest absolute Gasteiger partial charge is 0.320 e. The molecule has 90 valence electrons. The number of nitrogens with zero attached hydrogens (tertiary/aromatic N) is 1. The van der Waals surface area contributed by atoms with Crippen LogP contribution in [0.4, 0.5) is 0 Å². The number of nitrogens with one attached hydrogen (secondary N) is 1.